The van der Waals surface area contributed by atoms with Crippen LogP contribution in [-0.2, 0) is 6.61 Å². The van der Waals surface area contributed by atoms with Crippen LogP contribution in [0.3, 0.4) is 0 Å². The predicted molar refractivity (Wildman–Crippen MR) is 82.4 cm³/mol. The first-order chi connectivity index (χ1) is 9.56. The van der Waals surface area contributed by atoms with Crippen molar-refractivity contribution in [3.8, 4) is 5.75 Å². The van der Waals surface area contributed by atoms with Gasteiger partial charge in [0.25, 0.3) is 0 Å². The standard InChI is InChI=1S/C17H15BrO2/c1-10(2)11-4-6-14-16(7-11)20-9-12-3-5-13(18)8-15(12)17(14)19/h3-8,10H,9H2,1-2H3. The first-order valence-corrected chi connectivity index (χ1v) is 7.45. The summed E-state index contributed by atoms with van der Waals surface area (Å²) in [7, 11) is 0. The smallest absolute Gasteiger partial charge is 0.197 e. The Hall–Kier alpha value is -1.61. The Kier molecular flexibility index (Phi) is 3.38. The second-order valence-corrected chi connectivity index (χ2v) is 6.25. The SMILES string of the molecule is CC(C)c1ccc2c(c1)OCc1ccc(Br)cc1C2=O. The number of ketones is 1. The maximum atomic E-state index is 12.7. The fraction of sp³-hybridized carbons (Fsp3) is 0.235. The quantitative estimate of drug-likeness (QED) is 0.757. The molecule has 0 N–H and O–H groups in total. The molecule has 0 saturated heterocycles. The van der Waals surface area contributed by atoms with Crippen molar-refractivity contribution in [3.63, 3.8) is 0 Å². The van der Waals surface area contributed by atoms with Gasteiger partial charge in [0.2, 0.25) is 0 Å². The van der Waals surface area contributed by atoms with Crippen LogP contribution in [0.4, 0.5) is 0 Å². The van der Waals surface area contributed by atoms with Crippen LogP contribution in [0.1, 0.15) is 46.8 Å². The molecule has 0 unspecified atom stereocenters. The van der Waals surface area contributed by atoms with E-state index in [2.05, 4.69) is 29.8 Å². The van der Waals surface area contributed by atoms with Crippen molar-refractivity contribution in [1.29, 1.82) is 0 Å². The minimum absolute atomic E-state index is 0.0316. The third kappa shape index (κ3) is 2.27. The molecule has 2 aromatic rings. The van der Waals surface area contributed by atoms with E-state index in [-0.39, 0.29) is 5.78 Å². The topological polar surface area (TPSA) is 26.3 Å². The average molecular weight is 331 g/mol. The van der Waals surface area contributed by atoms with Crippen LogP contribution in [0.5, 0.6) is 5.75 Å². The number of fused-ring (bicyclic) bond motifs is 2. The molecule has 3 rings (SSSR count). The van der Waals surface area contributed by atoms with Crippen LogP contribution in [-0.4, -0.2) is 5.78 Å². The van der Waals surface area contributed by atoms with Crippen LogP contribution in [0, 0.1) is 0 Å². The molecule has 0 bridgehead atoms. The summed E-state index contributed by atoms with van der Waals surface area (Å²) in [5.74, 6) is 1.14. The van der Waals surface area contributed by atoms with Crippen molar-refractivity contribution < 1.29 is 9.53 Å². The third-order valence-electron chi connectivity index (χ3n) is 3.62. The largest absolute Gasteiger partial charge is 0.488 e. The van der Waals surface area contributed by atoms with Gasteiger partial charge in [-0.3, -0.25) is 4.79 Å². The van der Waals surface area contributed by atoms with Gasteiger partial charge in [0, 0.05) is 15.6 Å². The fourth-order valence-electron chi connectivity index (χ4n) is 2.39. The Labute approximate surface area is 126 Å². The van der Waals surface area contributed by atoms with Gasteiger partial charge in [-0.1, -0.05) is 41.9 Å². The number of carbonyl (C=O) groups excluding carboxylic acids is 1. The minimum atomic E-state index is 0.0316. The lowest BCUT2D eigenvalue weighted by Gasteiger charge is -2.10. The lowest BCUT2D eigenvalue weighted by Crippen LogP contribution is -2.03. The van der Waals surface area contributed by atoms with E-state index in [4.69, 9.17) is 4.74 Å². The van der Waals surface area contributed by atoms with E-state index in [0.29, 0.717) is 23.8 Å². The molecule has 3 heteroatoms. The zero-order valence-electron chi connectivity index (χ0n) is 11.4. The zero-order valence-corrected chi connectivity index (χ0v) is 13.0. The summed E-state index contributed by atoms with van der Waals surface area (Å²) in [6, 6.07) is 11.6. The maximum Gasteiger partial charge on any atom is 0.197 e. The number of benzene rings is 2. The summed E-state index contributed by atoms with van der Waals surface area (Å²) in [6.45, 7) is 4.70. The second-order valence-electron chi connectivity index (χ2n) is 5.33. The van der Waals surface area contributed by atoms with E-state index in [9.17, 15) is 4.79 Å². The fourth-order valence-corrected chi connectivity index (χ4v) is 2.75. The van der Waals surface area contributed by atoms with Crippen LogP contribution < -0.4 is 4.74 Å². The first kappa shape index (κ1) is 13.4. The lowest BCUT2D eigenvalue weighted by molar-refractivity contribution is 0.103. The molecule has 0 saturated carbocycles. The molecule has 0 amide bonds. The molecular weight excluding hydrogens is 316 g/mol. The summed E-state index contributed by atoms with van der Waals surface area (Å²) in [4.78, 5) is 12.7. The monoisotopic (exact) mass is 330 g/mol. The van der Waals surface area contributed by atoms with E-state index in [1.165, 1.54) is 5.56 Å². The molecule has 1 aliphatic rings. The first-order valence-electron chi connectivity index (χ1n) is 6.66. The van der Waals surface area contributed by atoms with Gasteiger partial charge in [-0.2, -0.15) is 0 Å². The molecule has 102 valence electrons. The van der Waals surface area contributed by atoms with Crippen LogP contribution >= 0.6 is 15.9 Å². The third-order valence-corrected chi connectivity index (χ3v) is 4.11. The molecular formula is C17H15BrO2. The number of carbonyl (C=O) groups is 1. The van der Waals surface area contributed by atoms with E-state index >= 15 is 0 Å². The summed E-state index contributed by atoms with van der Waals surface area (Å²) >= 11 is 3.42. The highest BCUT2D eigenvalue weighted by Gasteiger charge is 2.22. The van der Waals surface area contributed by atoms with Gasteiger partial charge in [-0.25, -0.2) is 0 Å². The average Bonchev–Trinajstić information content (AvgIpc) is 2.57. The summed E-state index contributed by atoms with van der Waals surface area (Å²) in [5.41, 5.74) is 3.48. The van der Waals surface area contributed by atoms with Crippen molar-refractivity contribution in [1.82, 2.24) is 0 Å². The Morgan fingerprint density at radius 3 is 2.65 bits per heavy atom. The van der Waals surface area contributed by atoms with Crippen molar-refractivity contribution in [2.75, 3.05) is 0 Å². The summed E-state index contributed by atoms with van der Waals surface area (Å²) < 4.78 is 6.75. The highest BCUT2D eigenvalue weighted by molar-refractivity contribution is 9.10. The number of hydrogen-bond acceptors (Lipinski definition) is 2. The van der Waals surface area contributed by atoms with E-state index in [1.54, 1.807) is 0 Å². The summed E-state index contributed by atoms with van der Waals surface area (Å²) in [6.07, 6.45) is 0. The van der Waals surface area contributed by atoms with Crippen LogP contribution in [0.25, 0.3) is 0 Å². The highest BCUT2D eigenvalue weighted by Crippen LogP contribution is 2.32. The zero-order chi connectivity index (χ0) is 14.3. The van der Waals surface area contributed by atoms with Gasteiger partial charge in [0.05, 0.1) is 5.56 Å². The Balaban J connectivity index is 2.13. The van der Waals surface area contributed by atoms with Gasteiger partial charge in [0.15, 0.2) is 5.78 Å². The molecule has 20 heavy (non-hydrogen) atoms. The molecule has 0 fully saturated rings. The van der Waals surface area contributed by atoms with Crippen LogP contribution in [0.15, 0.2) is 40.9 Å². The van der Waals surface area contributed by atoms with Crippen molar-refractivity contribution in [3.05, 3.63) is 63.1 Å². The second kappa shape index (κ2) is 5.06. The van der Waals surface area contributed by atoms with E-state index in [1.807, 2.05) is 36.4 Å². The van der Waals surface area contributed by atoms with Gasteiger partial charge in [-0.15, -0.1) is 0 Å². The van der Waals surface area contributed by atoms with Crippen LogP contribution in [0.2, 0.25) is 0 Å². The number of rotatable bonds is 1. The molecule has 0 radical (unpaired) electrons. The van der Waals surface area contributed by atoms with Gasteiger partial charge in [0.1, 0.15) is 12.4 Å². The molecule has 0 atom stereocenters. The summed E-state index contributed by atoms with van der Waals surface area (Å²) in [5, 5.41) is 0. The molecule has 2 aromatic carbocycles. The Morgan fingerprint density at radius 1 is 1.10 bits per heavy atom. The van der Waals surface area contributed by atoms with Gasteiger partial charge in [-0.05, 0) is 35.7 Å². The number of halogens is 1. The molecule has 0 aromatic heterocycles. The Morgan fingerprint density at radius 2 is 1.90 bits per heavy atom. The lowest BCUT2D eigenvalue weighted by atomic mass is 9.96. The molecule has 1 heterocycles. The van der Waals surface area contributed by atoms with Crippen molar-refractivity contribution in [2.45, 2.75) is 26.4 Å². The van der Waals surface area contributed by atoms with E-state index < -0.39 is 0 Å². The van der Waals surface area contributed by atoms with E-state index in [0.717, 1.165) is 15.6 Å². The highest BCUT2D eigenvalue weighted by atomic mass is 79.9. The molecule has 0 aliphatic carbocycles. The van der Waals surface area contributed by atoms with Crippen molar-refractivity contribution in [2.24, 2.45) is 0 Å². The Bertz CT molecular complexity index is 689. The molecule has 2 nitrogen and oxygen atoms in total. The van der Waals surface area contributed by atoms with Gasteiger partial charge >= 0.3 is 0 Å². The normalized spacial score (nSPS) is 13.5. The maximum absolute atomic E-state index is 12.7. The number of ether oxygens (including phenoxy) is 1. The van der Waals surface area contributed by atoms with Crippen molar-refractivity contribution >= 4 is 21.7 Å². The number of hydrogen-bond donors (Lipinski definition) is 0. The predicted octanol–water partition coefficient (Wildman–Crippen LogP) is 4.70. The van der Waals surface area contributed by atoms with Gasteiger partial charge < -0.3 is 4.74 Å². The molecule has 0 spiro atoms. The minimum Gasteiger partial charge on any atom is -0.488 e. The molecule has 1 aliphatic heterocycles.